The smallest absolute Gasteiger partial charge is 0.242 e. The predicted octanol–water partition coefficient (Wildman–Crippen LogP) is 1.47. The molecule has 1 aromatic heterocycles. The number of hydrogen-bond donors (Lipinski definition) is 2. The van der Waals surface area contributed by atoms with Crippen LogP contribution in [-0.2, 0) is 4.79 Å². The number of rotatable bonds is 2. The van der Waals surface area contributed by atoms with Gasteiger partial charge in [0.25, 0.3) is 0 Å². The third-order valence-corrected chi connectivity index (χ3v) is 2.77. The molecular formula is C12H17N3O. The van der Waals surface area contributed by atoms with Crippen LogP contribution in [0.15, 0.2) is 18.2 Å². The Balaban J connectivity index is 1.96. The lowest BCUT2D eigenvalue weighted by molar-refractivity contribution is -0.118. The van der Waals surface area contributed by atoms with E-state index in [9.17, 15) is 4.79 Å². The van der Waals surface area contributed by atoms with Gasteiger partial charge in [-0.2, -0.15) is 0 Å². The molecule has 0 aliphatic carbocycles. The van der Waals surface area contributed by atoms with Gasteiger partial charge in [0.15, 0.2) is 0 Å². The van der Waals surface area contributed by atoms with Gasteiger partial charge in [-0.15, -0.1) is 0 Å². The maximum atomic E-state index is 11.9. The molecule has 1 aromatic rings. The van der Waals surface area contributed by atoms with Crippen molar-refractivity contribution in [3.05, 3.63) is 23.9 Å². The van der Waals surface area contributed by atoms with E-state index in [2.05, 4.69) is 15.6 Å². The summed E-state index contributed by atoms with van der Waals surface area (Å²) in [6, 6.07) is 5.56. The first kappa shape index (κ1) is 11.1. The molecule has 16 heavy (non-hydrogen) atoms. The van der Waals surface area contributed by atoms with E-state index in [0.29, 0.717) is 5.82 Å². The van der Waals surface area contributed by atoms with Crippen molar-refractivity contribution < 1.29 is 4.79 Å². The van der Waals surface area contributed by atoms with Crippen molar-refractivity contribution in [1.82, 2.24) is 10.3 Å². The third-order valence-electron chi connectivity index (χ3n) is 2.77. The quantitative estimate of drug-likeness (QED) is 0.792. The van der Waals surface area contributed by atoms with E-state index in [-0.39, 0.29) is 11.9 Å². The summed E-state index contributed by atoms with van der Waals surface area (Å²) in [5, 5.41) is 6.05. The van der Waals surface area contributed by atoms with Gasteiger partial charge in [0, 0.05) is 5.69 Å². The first-order valence-electron chi connectivity index (χ1n) is 5.73. The zero-order valence-electron chi connectivity index (χ0n) is 9.49. The van der Waals surface area contributed by atoms with Crippen LogP contribution in [0.2, 0.25) is 0 Å². The normalized spacial score (nSPS) is 20.4. The average Bonchev–Trinajstić information content (AvgIpc) is 2.30. The van der Waals surface area contributed by atoms with Crippen LogP contribution in [0.1, 0.15) is 25.0 Å². The number of nitrogens with zero attached hydrogens (tertiary/aromatic N) is 1. The summed E-state index contributed by atoms with van der Waals surface area (Å²) in [4.78, 5) is 16.1. The van der Waals surface area contributed by atoms with E-state index in [1.165, 1.54) is 0 Å². The minimum atomic E-state index is -0.0592. The molecule has 2 N–H and O–H groups in total. The maximum absolute atomic E-state index is 11.9. The van der Waals surface area contributed by atoms with E-state index in [1.54, 1.807) is 0 Å². The van der Waals surface area contributed by atoms with Crippen LogP contribution in [0, 0.1) is 6.92 Å². The molecule has 2 heterocycles. The molecule has 0 unspecified atom stereocenters. The summed E-state index contributed by atoms with van der Waals surface area (Å²) < 4.78 is 0. The van der Waals surface area contributed by atoms with Crippen LogP contribution in [0.4, 0.5) is 5.82 Å². The molecule has 4 heteroatoms. The highest BCUT2D eigenvalue weighted by Crippen LogP contribution is 2.10. The first-order valence-corrected chi connectivity index (χ1v) is 5.73. The third kappa shape index (κ3) is 2.79. The zero-order chi connectivity index (χ0) is 11.4. The SMILES string of the molecule is Cc1cccc(NC(=O)[C@@H]2CCCCN2)n1. The van der Waals surface area contributed by atoms with Gasteiger partial charge in [0.2, 0.25) is 5.91 Å². The summed E-state index contributed by atoms with van der Waals surface area (Å²) in [7, 11) is 0. The number of nitrogens with one attached hydrogen (secondary N) is 2. The van der Waals surface area contributed by atoms with E-state index < -0.39 is 0 Å². The summed E-state index contributed by atoms with van der Waals surface area (Å²) in [5.41, 5.74) is 0.911. The lowest BCUT2D eigenvalue weighted by Gasteiger charge is -2.22. The number of anilines is 1. The van der Waals surface area contributed by atoms with Crippen molar-refractivity contribution in [2.24, 2.45) is 0 Å². The highest BCUT2D eigenvalue weighted by atomic mass is 16.2. The van der Waals surface area contributed by atoms with Crippen LogP contribution in [0.5, 0.6) is 0 Å². The summed E-state index contributed by atoms with van der Waals surface area (Å²) in [6.45, 7) is 2.84. The fourth-order valence-electron chi connectivity index (χ4n) is 1.90. The Bertz CT molecular complexity index is 372. The largest absolute Gasteiger partial charge is 0.309 e. The van der Waals surface area contributed by atoms with E-state index in [1.807, 2.05) is 25.1 Å². The molecule has 1 amide bonds. The van der Waals surface area contributed by atoms with Crippen LogP contribution in [0.25, 0.3) is 0 Å². The standard InChI is InChI=1S/C12H17N3O/c1-9-5-4-7-11(14-9)15-12(16)10-6-2-3-8-13-10/h4-5,7,10,13H,2-3,6,8H2,1H3,(H,14,15,16)/t10-/m0/s1. The van der Waals surface area contributed by atoms with Gasteiger partial charge >= 0.3 is 0 Å². The second-order valence-corrected chi connectivity index (χ2v) is 4.16. The Morgan fingerprint density at radius 1 is 1.50 bits per heavy atom. The fourth-order valence-corrected chi connectivity index (χ4v) is 1.90. The second kappa shape index (κ2) is 5.07. The average molecular weight is 219 g/mol. The number of pyridine rings is 1. The van der Waals surface area contributed by atoms with Gasteiger partial charge in [0.1, 0.15) is 5.82 Å². The van der Waals surface area contributed by atoms with Gasteiger partial charge in [-0.1, -0.05) is 12.5 Å². The van der Waals surface area contributed by atoms with Gasteiger partial charge in [-0.25, -0.2) is 4.98 Å². The predicted molar refractivity (Wildman–Crippen MR) is 63.2 cm³/mol. The Kier molecular flexibility index (Phi) is 3.51. The van der Waals surface area contributed by atoms with E-state index in [4.69, 9.17) is 0 Å². The van der Waals surface area contributed by atoms with E-state index in [0.717, 1.165) is 31.5 Å². The Hall–Kier alpha value is -1.42. The number of aryl methyl sites for hydroxylation is 1. The molecule has 0 bridgehead atoms. The van der Waals surface area contributed by atoms with Crippen molar-refractivity contribution in [3.63, 3.8) is 0 Å². The number of carbonyl (C=O) groups excluding carboxylic acids is 1. The Labute approximate surface area is 95.5 Å². The second-order valence-electron chi connectivity index (χ2n) is 4.16. The topological polar surface area (TPSA) is 54.0 Å². The van der Waals surface area contributed by atoms with Crippen LogP contribution >= 0.6 is 0 Å². The molecule has 2 rings (SSSR count). The van der Waals surface area contributed by atoms with Gasteiger partial charge in [-0.3, -0.25) is 4.79 Å². The van der Waals surface area contributed by atoms with Crippen LogP contribution in [-0.4, -0.2) is 23.5 Å². The van der Waals surface area contributed by atoms with Gasteiger partial charge in [0.05, 0.1) is 6.04 Å². The molecule has 0 saturated carbocycles. The molecule has 1 atom stereocenters. The Morgan fingerprint density at radius 3 is 3.06 bits per heavy atom. The molecular weight excluding hydrogens is 202 g/mol. The molecule has 0 radical (unpaired) electrons. The molecule has 1 saturated heterocycles. The number of amides is 1. The highest BCUT2D eigenvalue weighted by Gasteiger charge is 2.20. The fraction of sp³-hybridized carbons (Fsp3) is 0.500. The highest BCUT2D eigenvalue weighted by molar-refractivity contribution is 5.94. The molecule has 1 aliphatic heterocycles. The zero-order valence-corrected chi connectivity index (χ0v) is 9.49. The number of hydrogen-bond acceptors (Lipinski definition) is 3. The number of carbonyl (C=O) groups is 1. The van der Waals surface area contributed by atoms with Crippen molar-refractivity contribution in [2.45, 2.75) is 32.2 Å². The number of piperidine rings is 1. The van der Waals surface area contributed by atoms with E-state index >= 15 is 0 Å². The molecule has 86 valence electrons. The minimum Gasteiger partial charge on any atom is -0.309 e. The summed E-state index contributed by atoms with van der Waals surface area (Å²) in [5.74, 6) is 0.662. The molecule has 0 spiro atoms. The Morgan fingerprint density at radius 2 is 2.38 bits per heavy atom. The molecule has 1 fully saturated rings. The van der Waals surface area contributed by atoms with Crippen molar-refractivity contribution in [2.75, 3.05) is 11.9 Å². The van der Waals surface area contributed by atoms with Crippen LogP contribution in [0.3, 0.4) is 0 Å². The molecule has 4 nitrogen and oxygen atoms in total. The summed E-state index contributed by atoms with van der Waals surface area (Å²) >= 11 is 0. The van der Waals surface area contributed by atoms with Crippen LogP contribution < -0.4 is 10.6 Å². The lowest BCUT2D eigenvalue weighted by atomic mass is 10.0. The summed E-state index contributed by atoms with van der Waals surface area (Å²) in [6.07, 6.45) is 3.19. The first-order chi connectivity index (χ1) is 7.75. The molecule has 1 aliphatic rings. The van der Waals surface area contributed by atoms with Gasteiger partial charge < -0.3 is 10.6 Å². The van der Waals surface area contributed by atoms with Crippen molar-refractivity contribution in [1.29, 1.82) is 0 Å². The van der Waals surface area contributed by atoms with Gasteiger partial charge in [-0.05, 0) is 38.4 Å². The monoisotopic (exact) mass is 219 g/mol. The minimum absolute atomic E-state index is 0.0257. The number of aromatic nitrogens is 1. The van der Waals surface area contributed by atoms with Crippen molar-refractivity contribution in [3.8, 4) is 0 Å². The van der Waals surface area contributed by atoms with Crippen molar-refractivity contribution >= 4 is 11.7 Å². The lowest BCUT2D eigenvalue weighted by Crippen LogP contribution is -2.43. The molecule has 0 aromatic carbocycles. The maximum Gasteiger partial charge on any atom is 0.242 e.